The van der Waals surface area contributed by atoms with Crippen LogP contribution in [-0.4, -0.2) is 46.9 Å². The molecule has 1 saturated heterocycles. The Bertz CT molecular complexity index is 273. The van der Waals surface area contributed by atoms with Crippen molar-refractivity contribution in [3.63, 3.8) is 0 Å². The third-order valence-corrected chi connectivity index (χ3v) is 3.23. The summed E-state index contributed by atoms with van der Waals surface area (Å²) in [5, 5.41) is 9.64. The number of hydrogen-bond acceptors (Lipinski definition) is 6. The summed E-state index contributed by atoms with van der Waals surface area (Å²) in [5.74, 6) is 0. The fraction of sp³-hybridized carbons (Fsp3) is 0.778. The highest BCUT2D eigenvalue weighted by Crippen LogP contribution is 2.21. The number of nitrogens with zero attached hydrogens (tertiary/aromatic N) is 3. The average Bonchev–Trinajstić information content (AvgIpc) is 2.80. The maximum absolute atomic E-state index is 8.65. The summed E-state index contributed by atoms with van der Waals surface area (Å²) in [5.41, 5.74) is 0. The van der Waals surface area contributed by atoms with Crippen molar-refractivity contribution in [1.29, 1.82) is 0 Å². The Balaban J connectivity index is 1.77. The Hall–Kier alpha value is -0.720. The largest absolute Gasteiger partial charge is 0.394 e. The Morgan fingerprint density at radius 2 is 2.33 bits per heavy atom. The van der Waals surface area contributed by atoms with Crippen LogP contribution in [0.2, 0.25) is 0 Å². The van der Waals surface area contributed by atoms with Gasteiger partial charge in [-0.05, 0) is 12.8 Å². The monoisotopic (exact) mass is 229 g/mol. The number of ether oxygens (including phenoxy) is 1. The molecule has 0 amide bonds. The van der Waals surface area contributed by atoms with E-state index in [4.69, 9.17) is 9.84 Å². The van der Waals surface area contributed by atoms with Gasteiger partial charge in [-0.1, -0.05) is 0 Å². The molecule has 1 aliphatic rings. The molecule has 6 heteroatoms. The molecule has 0 spiro atoms. The second-order valence-corrected chi connectivity index (χ2v) is 4.26. The van der Waals surface area contributed by atoms with Crippen molar-refractivity contribution in [2.24, 2.45) is 0 Å². The number of hydrogen-bond donors (Lipinski definition) is 1. The smallest absolute Gasteiger partial charge is 0.204 e. The fourth-order valence-corrected chi connectivity index (χ4v) is 2.32. The highest BCUT2D eigenvalue weighted by Gasteiger charge is 2.21. The predicted octanol–water partition coefficient (Wildman–Crippen LogP) is 0.516. The first kappa shape index (κ1) is 10.8. The van der Waals surface area contributed by atoms with Gasteiger partial charge in [0, 0.05) is 24.6 Å². The summed E-state index contributed by atoms with van der Waals surface area (Å²) in [7, 11) is 0. The van der Waals surface area contributed by atoms with Crippen molar-refractivity contribution in [2.75, 3.05) is 31.2 Å². The van der Waals surface area contributed by atoms with Crippen molar-refractivity contribution in [2.45, 2.75) is 18.9 Å². The summed E-state index contributed by atoms with van der Waals surface area (Å²) in [6, 6.07) is 0. The fourth-order valence-electron chi connectivity index (χ4n) is 1.74. The second-order valence-electron chi connectivity index (χ2n) is 3.50. The molecular weight excluding hydrogens is 214 g/mol. The zero-order chi connectivity index (χ0) is 10.5. The number of aliphatic hydroxyl groups excluding tert-OH is 1. The molecule has 2 heterocycles. The molecule has 0 aromatic carbocycles. The third-order valence-electron chi connectivity index (χ3n) is 2.51. The Kier molecular flexibility index (Phi) is 3.87. The molecule has 1 aliphatic heterocycles. The molecule has 0 bridgehead atoms. The van der Waals surface area contributed by atoms with Crippen LogP contribution in [0.3, 0.4) is 0 Å². The van der Waals surface area contributed by atoms with Crippen LogP contribution in [0.4, 0.5) is 5.13 Å². The number of aliphatic hydroxyl groups is 1. The van der Waals surface area contributed by atoms with Crippen LogP contribution in [0.5, 0.6) is 0 Å². The summed E-state index contributed by atoms with van der Waals surface area (Å²) in [4.78, 5) is 6.41. The molecule has 0 radical (unpaired) electrons. The minimum atomic E-state index is 0.108. The Morgan fingerprint density at radius 1 is 1.53 bits per heavy atom. The van der Waals surface area contributed by atoms with Gasteiger partial charge >= 0.3 is 0 Å². The lowest BCUT2D eigenvalue weighted by Crippen LogP contribution is -2.37. The number of piperidine rings is 1. The Labute approximate surface area is 92.9 Å². The van der Waals surface area contributed by atoms with Gasteiger partial charge in [0.15, 0.2) is 0 Å². The predicted molar refractivity (Wildman–Crippen MR) is 58.2 cm³/mol. The molecule has 5 nitrogen and oxygen atoms in total. The molecule has 1 aromatic heterocycles. The first-order valence-electron chi connectivity index (χ1n) is 5.14. The average molecular weight is 229 g/mol. The van der Waals surface area contributed by atoms with Crippen LogP contribution >= 0.6 is 11.5 Å². The van der Waals surface area contributed by atoms with Crippen LogP contribution in [-0.2, 0) is 4.74 Å². The van der Waals surface area contributed by atoms with E-state index in [9.17, 15) is 0 Å². The van der Waals surface area contributed by atoms with E-state index < -0.39 is 0 Å². The number of rotatable bonds is 4. The lowest BCUT2D eigenvalue weighted by molar-refractivity contribution is 0.0159. The third kappa shape index (κ3) is 2.87. The van der Waals surface area contributed by atoms with E-state index in [2.05, 4.69) is 14.3 Å². The van der Waals surface area contributed by atoms with E-state index in [-0.39, 0.29) is 6.61 Å². The van der Waals surface area contributed by atoms with Gasteiger partial charge in [-0.2, -0.15) is 4.37 Å². The molecule has 84 valence electrons. The molecule has 1 N–H and O–H groups in total. The highest BCUT2D eigenvalue weighted by atomic mass is 32.1. The molecule has 0 saturated carbocycles. The number of aromatic nitrogens is 2. The van der Waals surface area contributed by atoms with E-state index in [1.165, 1.54) is 11.5 Å². The summed E-state index contributed by atoms with van der Waals surface area (Å²) in [6.07, 6.45) is 3.88. The molecule has 0 atom stereocenters. The van der Waals surface area contributed by atoms with E-state index in [0.29, 0.717) is 12.7 Å². The van der Waals surface area contributed by atoms with Gasteiger partial charge in [-0.3, -0.25) is 0 Å². The van der Waals surface area contributed by atoms with Crippen molar-refractivity contribution in [1.82, 2.24) is 9.36 Å². The van der Waals surface area contributed by atoms with Gasteiger partial charge in [0.1, 0.15) is 6.33 Å². The van der Waals surface area contributed by atoms with Crippen LogP contribution in [0.15, 0.2) is 6.33 Å². The van der Waals surface area contributed by atoms with Gasteiger partial charge in [0.05, 0.1) is 19.3 Å². The first-order chi connectivity index (χ1) is 7.40. The zero-order valence-corrected chi connectivity index (χ0v) is 9.32. The molecule has 15 heavy (non-hydrogen) atoms. The van der Waals surface area contributed by atoms with Gasteiger partial charge in [-0.15, -0.1) is 0 Å². The summed E-state index contributed by atoms with van der Waals surface area (Å²) in [6.45, 7) is 2.48. The van der Waals surface area contributed by atoms with Gasteiger partial charge < -0.3 is 14.7 Å². The second kappa shape index (κ2) is 5.39. The number of anilines is 1. The quantitative estimate of drug-likeness (QED) is 0.815. The van der Waals surface area contributed by atoms with Gasteiger partial charge in [0.2, 0.25) is 5.13 Å². The maximum Gasteiger partial charge on any atom is 0.204 e. The van der Waals surface area contributed by atoms with E-state index >= 15 is 0 Å². The normalized spacial score (nSPS) is 18.3. The van der Waals surface area contributed by atoms with Crippen molar-refractivity contribution in [3.8, 4) is 0 Å². The van der Waals surface area contributed by atoms with Gasteiger partial charge in [-0.25, -0.2) is 4.98 Å². The first-order valence-corrected chi connectivity index (χ1v) is 5.91. The summed E-state index contributed by atoms with van der Waals surface area (Å²) < 4.78 is 9.48. The van der Waals surface area contributed by atoms with Crippen molar-refractivity contribution < 1.29 is 9.84 Å². The molecular formula is C9H15N3O2S. The minimum Gasteiger partial charge on any atom is -0.394 e. The maximum atomic E-state index is 8.65. The van der Waals surface area contributed by atoms with Crippen LogP contribution < -0.4 is 4.90 Å². The topological polar surface area (TPSA) is 58.5 Å². The highest BCUT2D eigenvalue weighted by molar-refractivity contribution is 7.09. The molecule has 0 aliphatic carbocycles. The lowest BCUT2D eigenvalue weighted by atomic mass is 10.1. The van der Waals surface area contributed by atoms with Crippen molar-refractivity contribution in [3.05, 3.63) is 6.33 Å². The summed E-state index contributed by atoms with van der Waals surface area (Å²) >= 11 is 1.43. The molecule has 0 unspecified atom stereocenters. The standard InChI is InChI=1S/C9H15N3O2S/c13-5-6-14-8-1-3-12(4-2-8)9-10-7-11-15-9/h7-8,13H,1-6H2. The van der Waals surface area contributed by atoms with E-state index in [0.717, 1.165) is 31.1 Å². The SMILES string of the molecule is OCCOC1CCN(c2ncns2)CC1. The molecule has 1 fully saturated rings. The van der Waals surface area contributed by atoms with E-state index in [1.54, 1.807) is 6.33 Å². The van der Waals surface area contributed by atoms with Crippen LogP contribution in [0.1, 0.15) is 12.8 Å². The minimum absolute atomic E-state index is 0.108. The lowest BCUT2D eigenvalue weighted by Gasteiger charge is -2.31. The van der Waals surface area contributed by atoms with E-state index in [1.807, 2.05) is 0 Å². The van der Waals surface area contributed by atoms with Crippen LogP contribution in [0.25, 0.3) is 0 Å². The molecule has 2 rings (SSSR count). The van der Waals surface area contributed by atoms with Crippen molar-refractivity contribution >= 4 is 16.7 Å². The van der Waals surface area contributed by atoms with Crippen LogP contribution in [0, 0.1) is 0 Å². The Morgan fingerprint density at radius 3 is 2.93 bits per heavy atom. The van der Waals surface area contributed by atoms with Gasteiger partial charge in [0.25, 0.3) is 0 Å². The molecule has 1 aromatic rings. The zero-order valence-electron chi connectivity index (χ0n) is 8.50.